The van der Waals surface area contributed by atoms with Crippen molar-refractivity contribution in [2.75, 3.05) is 19.7 Å². The minimum absolute atomic E-state index is 0.00789. The third-order valence-electron chi connectivity index (χ3n) is 5.74. The Morgan fingerprint density at radius 3 is 2.92 bits per heavy atom. The number of hydrogen-bond donors (Lipinski definition) is 1. The predicted molar refractivity (Wildman–Crippen MR) is 89.8 cm³/mol. The first-order chi connectivity index (χ1) is 11.5. The van der Waals surface area contributed by atoms with E-state index in [0.29, 0.717) is 24.1 Å². The van der Waals surface area contributed by atoms with Crippen LogP contribution in [0.1, 0.15) is 35.3 Å². The van der Waals surface area contributed by atoms with Crippen LogP contribution in [0.2, 0.25) is 0 Å². The van der Waals surface area contributed by atoms with Crippen molar-refractivity contribution in [2.45, 2.75) is 38.8 Å². The number of carbonyl (C=O) groups is 2. The number of hydrogen-bond acceptors (Lipinski definition) is 5. The molecule has 1 N–H and O–H groups in total. The van der Waals surface area contributed by atoms with E-state index in [0.717, 1.165) is 30.9 Å². The van der Waals surface area contributed by atoms with Crippen molar-refractivity contribution in [1.82, 2.24) is 15.2 Å². The van der Waals surface area contributed by atoms with Crippen molar-refractivity contribution in [1.29, 1.82) is 0 Å². The minimum atomic E-state index is -0.0922. The highest BCUT2D eigenvalue weighted by molar-refractivity contribution is 7.09. The predicted octanol–water partition coefficient (Wildman–Crippen LogP) is 1.45. The number of ether oxygens (including phenoxy) is 1. The largest absolute Gasteiger partial charge is 0.378 e. The fourth-order valence-corrected chi connectivity index (χ4v) is 4.85. The molecule has 7 heteroatoms. The van der Waals surface area contributed by atoms with Gasteiger partial charge in [0.05, 0.1) is 17.0 Å². The quantitative estimate of drug-likeness (QED) is 0.897. The molecular formula is C17H23N3O3S. The molecule has 4 rings (SSSR count). The molecule has 1 aliphatic carbocycles. The smallest absolute Gasteiger partial charge is 0.270 e. The number of rotatable bonds is 3. The molecule has 24 heavy (non-hydrogen) atoms. The lowest BCUT2D eigenvalue weighted by atomic mass is 9.71. The molecule has 1 aromatic heterocycles. The lowest BCUT2D eigenvalue weighted by Gasteiger charge is -2.39. The summed E-state index contributed by atoms with van der Waals surface area (Å²) in [5.74, 6) is 1.05. The highest BCUT2D eigenvalue weighted by atomic mass is 32.1. The molecule has 130 valence electrons. The Morgan fingerprint density at radius 2 is 2.25 bits per heavy atom. The number of amides is 2. The first kappa shape index (κ1) is 16.0. The normalized spacial score (nSPS) is 34.8. The van der Waals surface area contributed by atoms with Crippen LogP contribution in [0, 0.1) is 24.7 Å². The highest BCUT2D eigenvalue weighted by Gasteiger charge is 2.50. The molecule has 0 bridgehead atoms. The molecule has 0 spiro atoms. The van der Waals surface area contributed by atoms with E-state index in [1.54, 1.807) is 5.38 Å². The zero-order chi connectivity index (χ0) is 16.8. The second-order valence-corrected chi connectivity index (χ2v) is 8.27. The highest BCUT2D eigenvalue weighted by Crippen LogP contribution is 2.42. The van der Waals surface area contributed by atoms with Crippen molar-refractivity contribution >= 4 is 23.2 Å². The topological polar surface area (TPSA) is 71.5 Å². The molecule has 3 heterocycles. The summed E-state index contributed by atoms with van der Waals surface area (Å²) in [5, 5.41) is 5.80. The Labute approximate surface area is 145 Å². The molecule has 5 atom stereocenters. The van der Waals surface area contributed by atoms with E-state index < -0.39 is 0 Å². The van der Waals surface area contributed by atoms with Crippen LogP contribution in [-0.2, 0) is 9.53 Å². The molecular weight excluding hydrogens is 326 g/mol. The molecule has 0 radical (unpaired) electrons. The van der Waals surface area contributed by atoms with Gasteiger partial charge in [0.15, 0.2) is 0 Å². The van der Waals surface area contributed by atoms with Crippen LogP contribution in [0.25, 0.3) is 0 Å². The van der Waals surface area contributed by atoms with Crippen LogP contribution in [0.3, 0.4) is 0 Å². The fourth-order valence-electron chi connectivity index (χ4n) is 4.25. The van der Waals surface area contributed by atoms with E-state index in [1.165, 1.54) is 11.3 Å². The van der Waals surface area contributed by atoms with E-state index in [4.69, 9.17) is 4.74 Å². The van der Waals surface area contributed by atoms with Crippen molar-refractivity contribution in [3.05, 3.63) is 16.1 Å². The van der Waals surface area contributed by atoms with Gasteiger partial charge in [-0.2, -0.15) is 0 Å². The van der Waals surface area contributed by atoms with Crippen LogP contribution in [0.4, 0.5) is 0 Å². The summed E-state index contributed by atoms with van der Waals surface area (Å²) in [4.78, 5) is 31.2. The van der Waals surface area contributed by atoms with Gasteiger partial charge in [-0.25, -0.2) is 4.98 Å². The van der Waals surface area contributed by atoms with Gasteiger partial charge in [-0.15, -0.1) is 11.3 Å². The third kappa shape index (κ3) is 2.73. The summed E-state index contributed by atoms with van der Waals surface area (Å²) in [6, 6.07) is 0.166. The maximum atomic E-state index is 12.7. The number of aromatic nitrogens is 1. The van der Waals surface area contributed by atoms with Gasteiger partial charge in [0.2, 0.25) is 5.91 Å². The van der Waals surface area contributed by atoms with Crippen LogP contribution >= 0.6 is 11.3 Å². The molecule has 2 aliphatic heterocycles. The van der Waals surface area contributed by atoms with Gasteiger partial charge in [-0.05, 0) is 32.6 Å². The van der Waals surface area contributed by atoms with E-state index in [9.17, 15) is 9.59 Å². The van der Waals surface area contributed by atoms with Crippen LogP contribution in [0.15, 0.2) is 5.38 Å². The van der Waals surface area contributed by atoms with Crippen molar-refractivity contribution in [3.63, 3.8) is 0 Å². The zero-order valence-corrected chi connectivity index (χ0v) is 14.8. The van der Waals surface area contributed by atoms with Gasteiger partial charge in [0, 0.05) is 37.0 Å². The van der Waals surface area contributed by atoms with Crippen molar-refractivity contribution in [3.8, 4) is 0 Å². The minimum Gasteiger partial charge on any atom is -0.378 e. The molecule has 1 aromatic rings. The summed E-state index contributed by atoms with van der Waals surface area (Å²) >= 11 is 1.49. The first-order valence-corrected chi connectivity index (χ1v) is 9.54. The number of aryl methyl sites for hydroxylation is 1. The maximum Gasteiger partial charge on any atom is 0.270 e. The molecule has 1 saturated carbocycles. The Hall–Kier alpha value is -1.47. The first-order valence-electron chi connectivity index (χ1n) is 8.66. The van der Waals surface area contributed by atoms with Gasteiger partial charge in [0.1, 0.15) is 5.69 Å². The molecule has 3 fully saturated rings. The lowest BCUT2D eigenvalue weighted by molar-refractivity contribution is -0.136. The lowest BCUT2D eigenvalue weighted by Crippen LogP contribution is -2.52. The molecule has 5 unspecified atom stereocenters. The Bertz CT molecular complexity index is 661. The second kappa shape index (κ2) is 6.11. The van der Waals surface area contributed by atoms with Crippen LogP contribution < -0.4 is 5.32 Å². The SMILES string of the molecule is Cc1nc(C(=O)NC2CC3CN(C(=O)C4CCOC4C)CC32)cs1. The Kier molecular flexibility index (Phi) is 4.08. The Morgan fingerprint density at radius 1 is 1.42 bits per heavy atom. The third-order valence-corrected chi connectivity index (χ3v) is 6.51. The number of fused-ring (bicyclic) bond motifs is 1. The summed E-state index contributed by atoms with van der Waals surface area (Å²) in [5.41, 5.74) is 0.504. The number of nitrogens with zero attached hydrogens (tertiary/aromatic N) is 2. The van der Waals surface area contributed by atoms with Crippen molar-refractivity contribution in [2.24, 2.45) is 17.8 Å². The van der Waals surface area contributed by atoms with Gasteiger partial charge in [-0.1, -0.05) is 0 Å². The van der Waals surface area contributed by atoms with E-state index in [1.807, 2.05) is 18.7 Å². The van der Waals surface area contributed by atoms with Crippen LogP contribution in [0.5, 0.6) is 0 Å². The monoisotopic (exact) mass is 349 g/mol. The van der Waals surface area contributed by atoms with Crippen LogP contribution in [-0.4, -0.2) is 53.5 Å². The van der Waals surface area contributed by atoms with Gasteiger partial charge < -0.3 is 15.0 Å². The van der Waals surface area contributed by atoms with Gasteiger partial charge in [-0.3, -0.25) is 9.59 Å². The summed E-state index contributed by atoms with van der Waals surface area (Å²) in [6.45, 7) is 6.15. The van der Waals surface area contributed by atoms with Gasteiger partial charge >= 0.3 is 0 Å². The van der Waals surface area contributed by atoms with E-state index >= 15 is 0 Å². The Balaban J connectivity index is 1.33. The van der Waals surface area contributed by atoms with E-state index in [-0.39, 0.29) is 29.9 Å². The molecule has 3 aliphatic rings. The number of carbonyl (C=O) groups excluding carboxylic acids is 2. The zero-order valence-electron chi connectivity index (χ0n) is 14.0. The summed E-state index contributed by atoms with van der Waals surface area (Å²) in [7, 11) is 0. The molecule has 6 nitrogen and oxygen atoms in total. The average molecular weight is 349 g/mol. The molecule has 2 amide bonds. The van der Waals surface area contributed by atoms with Gasteiger partial charge in [0.25, 0.3) is 5.91 Å². The number of nitrogens with one attached hydrogen (secondary N) is 1. The van der Waals surface area contributed by atoms with Crippen molar-refractivity contribution < 1.29 is 14.3 Å². The summed E-state index contributed by atoms with van der Waals surface area (Å²) in [6.07, 6.45) is 1.81. The number of likely N-dealkylation sites (tertiary alicyclic amines) is 1. The summed E-state index contributed by atoms with van der Waals surface area (Å²) < 4.78 is 5.53. The van der Waals surface area contributed by atoms with E-state index in [2.05, 4.69) is 10.3 Å². The average Bonchev–Trinajstić information content (AvgIpc) is 3.23. The standard InChI is InChI=1S/C17H23N3O3S/c1-9-12(3-4-23-9)17(22)20-6-11-5-14(13(11)7-20)19-16(21)15-8-24-10(2)18-15/h8-9,11-14H,3-7H2,1-2H3,(H,19,21). The molecule has 0 aromatic carbocycles. The fraction of sp³-hybridized carbons (Fsp3) is 0.706. The number of thiazole rings is 1. The maximum absolute atomic E-state index is 12.7. The second-order valence-electron chi connectivity index (χ2n) is 7.21. The molecule has 2 saturated heterocycles.